The van der Waals surface area contributed by atoms with E-state index in [1.54, 1.807) is 0 Å². The first-order valence-corrected chi connectivity index (χ1v) is 7.87. The second-order valence-corrected chi connectivity index (χ2v) is 5.98. The number of amides is 2. The number of carbonyl (C=O) groups excluding carboxylic acids is 4. The van der Waals surface area contributed by atoms with Crippen molar-refractivity contribution in [3.05, 3.63) is 0 Å². The van der Waals surface area contributed by atoms with Gasteiger partial charge in [0, 0.05) is 19.3 Å². The van der Waals surface area contributed by atoms with E-state index in [4.69, 9.17) is 21.7 Å². The Balaban J connectivity index is 4.84. The van der Waals surface area contributed by atoms with Gasteiger partial charge in [-0.05, 0) is 6.92 Å². The van der Waals surface area contributed by atoms with Crippen molar-refractivity contribution in [2.45, 2.75) is 38.3 Å². The summed E-state index contributed by atoms with van der Waals surface area (Å²) in [5, 5.41) is 29.2. The molecule has 8 N–H and O–H groups in total. The highest BCUT2D eigenvalue weighted by Crippen LogP contribution is 2.14. The summed E-state index contributed by atoms with van der Waals surface area (Å²) in [5.74, 6) is -6.84. The molecule has 0 heterocycles. The number of hydrogen-bond acceptors (Lipinski definition) is 8. The van der Waals surface area contributed by atoms with E-state index >= 15 is 0 Å². The van der Waals surface area contributed by atoms with Gasteiger partial charge in [-0.25, -0.2) is 0 Å². The number of ketones is 2. The van der Waals surface area contributed by atoms with Crippen LogP contribution in [0.1, 0.15) is 26.2 Å². The Morgan fingerprint density at radius 1 is 1.04 bits per heavy atom. The Bertz CT molecular complexity index is 549. The topological polar surface area (TPSA) is 210 Å². The maximum Gasteiger partial charge on any atom is 0.309 e. The summed E-state index contributed by atoms with van der Waals surface area (Å²) < 4.78 is 0. The summed E-state index contributed by atoms with van der Waals surface area (Å²) in [6.07, 6.45) is -2.59. The predicted octanol–water partition coefficient (Wildman–Crippen LogP) is -3.09. The van der Waals surface area contributed by atoms with Crippen molar-refractivity contribution in [3.63, 3.8) is 0 Å². The number of carboxylic acids is 1. The van der Waals surface area contributed by atoms with Gasteiger partial charge >= 0.3 is 5.97 Å². The molecule has 0 bridgehead atoms. The third kappa shape index (κ3) is 8.65. The van der Waals surface area contributed by atoms with Gasteiger partial charge in [0.25, 0.3) is 0 Å². The zero-order chi connectivity index (χ0) is 20.4. The number of primary amides is 1. The molecule has 11 nitrogen and oxygen atoms in total. The fraction of sp³-hybridized carbons (Fsp3) is 0.667. The molecule has 0 radical (unpaired) electrons. The van der Waals surface area contributed by atoms with Crippen molar-refractivity contribution in [2.24, 2.45) is 23.3 Å². The van der Waals surface area contributed by atoms with Gasteiger partial charge in [0.05, 0.1) is 37.1 Å². The molecule has 148 valence electrons. The molecular formula is C15H25N3O8. The summed E-state index contributed by atoms with van der Waals surface area (Å²) in [6.45, 7) is 0.0429. The molecule has 0 fully saturated rings. The van der Waals surface area contributed by atoms with Crippen LogP contribution in [0.2, 0.25) is 0 Å². The standard InChI is InChI=1S/C15H25N3O8/c1-7(20)13(17)11(22)5-18-14(24)8(4-12(16)23)2-10(21)3-9(6-19)15(25)26/h7-9,13,19-20H,2-6,17H2,1H3,(H2,16,23)(H,18,24)(H,25,26)/t7?,8-,9-,13-/m0/s1. The number of nitrogens with one attached hydrogen (secondary N) is 1. The molecule has 0 aromatic rings. The van der Waals surface area contributed by atoms with Gasteiger partial charge in [0.1, 0.15) is 5.78 Å². The maximum atomic E-state index is 12.1. The first kappa shape index (κ1) is 23.6. The number of rotatable bonds is 13. The summed E-state index contributed by atoms with van der Waals surface area (Å²) in [5.41, 5.74) is 10.5. The van der Waals surface area contributed by atoms with Crippen LogP contribution in [0, 0.1) is 11.8 Å². The number of aliphatic hydroxyl groups is 2. The molecule has 0 rings (SSSR count). The number of nitrogens with two attached hydrogens (primary N) is 2. The molecule has 0 saturated carbocycles. The number of Topliss-reactive ketones (excluding diaryl/α,β-unsaturated/α-hetero) is 2. The fourth-order valence-corrected chi connectivity index (χ4v) is 2.07. The molecule has 0 aliphatic carbocycles. The summed E-state index contributed by atoms with van der Waals surface area (Å²) in [6, 6.07) is -1.20. The van der Waals surface area contributed by atoms with Crippen LogP contribution in [0.25, 0.3) is 0 Å². The van der Waals surface area contributed by atoms with Crippen LogP contribution in [-0.4, -0.2) is 70.0 Å². The summed E-state index contributed by atoms with van der Waals surface area (Å²) in [7, 11) is 0. The molecule has 11 heteroatoms. The van der Waals surface area contributed by atoms with Gasteiger partial charge in [-0.15, -0.1) is 0 Å². The van der Waals surface area contributed by atoms with E-state index in [9.17, 15) is 29.1 Å². The van der Waals surface area contributed by atoms with E-state index in [-0.39, 0.29) is 0 Å². The predicted molar refractivity (Wildman–Crippen MR) is 87.4 cm³/mol. The molecule has 26 heavy (non-hydrogen) atoms. The Morgan fingerprint density at radius 2 is 1.58 bits per heavy atom. The van der Waals surface area contributed by atoms with Gasteiger partial charge < -0.3 is 32.1 Å². The minimum absolute atomic E-state index is 0.477. The number of carboxylic acid groups (broad SMARTS) is 1. The first-order valence-electron chi connectivity index (χ1n) is 7.87. The van der Waals surface area contributed by atoms with E-state index in [2.05, 4.69) is 5.32 Å². The minimum Gasteiger partial charge on any atom is -0.481 e. The quantitative estimate of drug-likeness (QED) is 0.192. The van der Waals surface area contributed by atoms with Crippen LogP contribution < -0.4 is 16.8 Å². The van der Waals surface area contributed by atoms with Gasteiger partial charge in [0.15, 0.2) is 5.78 Å². The van der Waals surface area contributed by atoms with Crippen molar-refractivity contribution < 1.29 is 39.3 Å². The maximum absolute atomic E-state index is 12.1. The van der Waals surface area contributed by atoms with Crippen LogP contribution in [0.15, 0.2) is 0 Å². The molecule has 0 spiro atoms. The molecule has 0 saturated heterocycles. The lowest BCUT2D eigenvalue weighted by Crippen LogP contribution is -2.47. The van der Waals surface area contributed by atoms with Crippen molar-refractivity contribution in [1.82, 2.24) is 5.32 Å². The lowest BCUT2D eigenvalue weighted by molar-refractivity contribution is -0.145. The van der Waals surface area contributed by atoms with Crippen LogP contribution >= 0.6 is 0 Å². The van der Waals surface area contributed by atoms with Gasteiger partial charge in [-0.2, -0.15) is 0 Å². The van der Waals surface area contributed by atoms with Gasteiger partial charge in [-0.3, -0.25) is 24.0 Å². The van der Waals surface area contributed by atoms with Crippen LogP contribution in [-0.2, 0) is 24.0 Å². The van der Waals surface area contributed by atoms with Crippen LogP contribution in [0.5, 0.6) is 0 Å². The number of hydrogen-bond donors (Lipinski definition) is 6. The van der Waals surface area contributed by atoms with Crippen molar-refractivity contribution in [3.8, 4) is 0 Å². The monoisotopic (exact) mass is 375 g/mol. The van der Waals surface area contributed by atoms with E-state index in [0.29, 0.717) is 0 Å². The summed E-state index contributed by atoms with van der Waals surface area (Å²) in [4.78, 5) is 57.6. The number of carbonyl (C=O) groups is 5. The Kier molecular flexibility index (Phi) is 10.3. The molecule has 0 aliphatic rings. The van der Waals surface area contributed by atoms with E-state index in [1.807, 2.05) is 0 Å². The largest absolute Gasteiger partial charge is 0.481 e. The lowest BCUT2D eigenvalue weighted by Gasteiger charge is -2.17. The Hall–Kier alpha value is -2.37. The smallest absolute Gasteiger partial charge is 0.309 e. The summed E-state index contributed by atoms with van der Waals surface area (Å²) >= 11 is 0. The highest BCUT2D eigenvalue weighted by molar-refractivity contribution is 5.94. The average Bonchev–Trinajstić information content (AvgIpc) is 2.54. The highest BCUT2D eigenvalue weighted by atomic mass is 16.4. The second kappa shape index (κ2) is 11.3. The molecule has 0 aromatic heterocycles. The molecule has 1 unspecified atom stereocenters. The SMILES string of the molecule is CC(O)[C@H](N)C(=O)CNC(=O)[C@H](CC(N)=O)CC(=O)C[C@@H](CO)C(=O)O. The third-order valence-electron chi connectivity index (χ3n) is 3.66. The molecular weight excluding hydrogens is 350 g/mol. The van der Waals surface area contributed by atoms with Crippen LogP contribution in [0.3, 0.4) is 0 Å². The zero-order valence-electron chi connectivity index (χ0n) is 14.4. The minimum atomic E-state index is -1.37. The molecule has 2 amide bonds. The van der Waals surface area contributed by atoms with E-state index in [0.717, 1.165) is 0 Å². The third-order valence-corrected chi connectivity index (χ3v) is 3.66. The number of aliphatic carboxylic acids is 1. The highest BCUT2D eigenvalue weighted by Gasteiger charge is 2.28. The van der Waals surface area contributed by atoms with Crippen LogP contribution in [0.4, 0.5) is 0 Å². The number of aliphatic hydroxyl groups excluding tert-OH is 2. The average molecular weight is 375 g/mol. The first-order chi connectivity index (χ1) is 12.0. The van der Waals surface area contributed by atoms with Gasteiger partial charge in [0.2, 0.25) is 11.8 Å². The van der Waals surface area contributed by atoms with E-state index in [1.165, 1.54) is 6.92 Å². The van der Waals surface area contributed by atoms with E-state index < -0.39 is 85.7 Å². The van der Waals surface area contributed by atoms with Crippen molar-refractivity contribution in [1.29, 1.82) is 0 Å². The normalized spacial score (nSPS) is 15.4. The Labute approximate surface area is 149 Å². The second-order valence-electron chi connectivity index (χ2n) is 5.98. The van der Waals surface area contributed by atoms with Gasteiger partial charge in [-0.1, -0.05) is 0 Å². The zero-order valence-corrected chi connectivity index (χ0v) is 14.4. The molecule has 4 atom stereocenters. The fourth-order valence-electron chi connectivity index (χ4n) is 2.07. The van der Waals surface area contributed by atoms with Crippen molar-refractivity contribution >= 4 is 29.4 Å². The molecule has 0 aliphatic heterocycles. The lowest BCUT2D eigenvalue weighted by atomic mass is 9.92. The molecule has 0 aromatic carbocycles. The van der Waals surface area contributed by atoms with Crippen molar-refractivity contribution in [2.75, 3.05) is 13.2 Å². The Morgan fingerprint density at radius 3 is 2.00 bits per heavy atom.